The molecule has 3 aromatic carbocycles. The second-order valence-corrected chi connectivity index (χ2v) is 9.61. The monoisotopic (exact) mass is 524 g/mol. The normalized spacial score (nSPS) is 11.2. The average molecular weight is 524 g/mol. The van der Waals surface area contributed by atoms with Crippen LogP contribution in [0.25, 0.3) is 10.8 Å². The number of anilines is 1. The molecule has 0 bridgehead atoms. The van der Waals surface area contributed by atoms with Crippen LogP contribution in [0.2, 0.25) is 0 Å². The Morgan fingerprint density at radius 2 is 1.72 bits per heavy atom. The van der Waals surface area contributed by atoms with Gasteiger partial charge >= 0.3 is 0 Å². The Hall–Kier alpha value is -2.33. The molecule has 0 fully saturated rings. The first kappa shape index (κ1) is 21.4. The third-order valence-electron chi connectivity index (χ3n) is 4.22. The van der Waals surface area contributed by atoms with Crippen molar-refractivity contribution in [3.8, 4) is 5.75 Å². The minimum atomic E-state index is -3.58. The van der Waals surface area contributed by atoms with Crippen LogP contribution in [0.15, 0.2) is 66.7 Å². The van der Waals surface area contributed by atoms with Gasteiger partial charge < -0.3 is 10.1 Å². The van der Waals surface area contributed by atoms with Crippen LogP contribution in [0.1, 0.15) is 0 Å². The highest BCUT2D eigenvalue weighted by molar-refractivity contribution is 14.1. The maximum Gasteiger partial charge on any atom is 0.240 e. The summed E-state index contributed by atoms with van der Waals surface area (Å²) in [5.41, 5.74) is 0.454. The van der Waals surface area contributed by atoms with Crippen LogP contribution in [-0.2, 0) is 14.8 Å². The summed E-state index contributed by atoms with van der Waals surface area (Å²) in [7, 11) is -3.58. The fraction of sp³-hybridized carbons (Fsp3) is 0.190. The van der Waals surface area contributed by atoms with Gasteiger partial charge in [0.25, 0.3) is 0 Å². The molecule has 0 radical (unpaired) electrons. The number of rotatable bonds is 8. The van der Waals surface area contributed by atoms with Crippen molar-refractivity contribution in [3.63, 3.8) is 0 Å². The van der Waals surface area contributed by atoms with Crippen molar-refractivity contribution in [2.24, 2.45) is 0 Å². The van der Waals surface area contributed by atoms with Crippen LogP contribution in [0.3, 0.4) is 0 Å². The molecular weight excluding hydrogens is 503 g/mol. The molecule has 0 heterocycles. The highest BCUT2D eigenvalue weighted by Gasteiger charge is 2.20. The number of sulfonamides is 1. The SMILES string of the molecule is CS(=O)(=O)N(CC(=O)NCCOc1ccc2ccccc2c1)c1ccc(I)cc1. The number of hydrogen-bond acceptors (Lipinski definition) is 4. The molecule has 0 aliphatic heterocycles. The van der Waals surface area contributed by atoms with Crippen molar-refractivity contribution in [1.82, 2.24) is 5.32 Å². The van der Waals surface area contributed by atoms with E-state index in [1.165, 1.54) is 0 Å². The Balaban J connectivity index is 1.53. The number of fused-ring (bicyclic) bond motifs is 1. The molecule has 0 aliphatic carbocycles. The lowest BCUT2D eigenvalue weighted by molar-refractivity contribution is -0.119. The van der Waals surface area contributed by atoms with Gasteiger partial charge in [-0.15, -0.1) is 0 Å². The summed E-state index contributed by atoms with van der Waals surface area (Å²) in [6.45, 7) is 0.276. The summed E-state index contributed by atoms with van der Waals surface area (Å²) < 4.78 is 31.9. The second kappa shape index (κ2) is 9.45. The first-order valence-corrected chi connectivity index (χ1v) is 11.9. The highest BCUT2D eigenvalue weighted by Crippen LogP contribution is 2.21. The molecule has 8 heteroatoms. The van der Waals surface area contributed by atoms with Gasteiger partial charge in [0.2, 0.25) is 15.9 Å². The number of carbonyl (C=O) groups excluding carboxylic acids is 1. The number of ether oxygens (including phenoxy) is 1. The summed E-state index contributed by atoms with van der Waals surface area (Å²) in [5, 5.41) is 4.91. The van der Waals surface area contributed by atoms with E-state index in [-0.39, 0.29) is 19.7 Å². The van der Waals surface area contributed by atoms with Gasteiger partial charge in [-0.2, -0.15) is 0 Å². The lowest BCUT2D eigenvalue weighted by Crippen LogP contribution is -2.41. The van der Waals surface area contributed by atoms with Crippen LogP contribution in [-0.4, -0.2) is 40.3 Å². The molecule has 29 heavy (non-hydrogen) atoms. The molecule has 0 aromatic heterocycles. The Kier molecular flexibility index (Phi) is 6.96. The maximum absolute atomic E-state index is 12.3. The third-order valence-corrected chi connectivity index (χ3v) is 6.08. The van der Waals surface area contributed by atoms with Gasteiger partial charge in [0.05, 0.1) is 18.5 Å². The standard InChI is InChI=1S/C21H21IN2O4S/c1-29(26,27)24(19-9-7-18(22)8-10-19)15-21(25)23-12-13-28-20-11-6-16-4-2-3-5-17(16)14-20/h2-11,14H,12-13,15H2,1H3,(H,23,25). The predicted molar refractivity (Wildman–Crippen MR) is 124 cm³/mol. The number of carbonyl (C=O) groups is 1. The molecule has 0 saturated heterocycles. The second-order valence-electron chi connectivity index (χ2n) is 6.45. The van der Waals surface area contributed by atoms with Crippen molar-refractivity contribution in [2.75, 3.05) is 30.3 Å². The smallest absolute Gasteiger partial charge is 0.240 e. The third kappa shape index (κ3) is 6.07. The first-order valence-electron chi connectivity index (χ1n) is 8.94. The van der Waals surface area contributed by atoms with Gasteiger partial charge in [0.1, 0.15) is 18.9 Å². The number of nitrogens with zero attached hydrogens (tertiary/aromatic N) is 1. The molecule has 0 aliphatic rings. The van der Waals surface area contributed by atoms with Crippen LogP contribution < -0.4 is 14.4 Å². The number of halogens is 1. The number of amides is 1. The van der Waals surface area contributed by atoms with E-state index in [0.29, 0.717) is 5.69 Å². The van der Waals surface area contributed by atoms with E-state index >= 15 is 0 Å². The van der Waals surface area contributed by atoms with E-state index in [1.54, 1.807) is 24.3 Å². The van der Waals surface area contributed by atoms with Gasteiger partial charge in [-0.05, 0) is 69.8 Å². The Bertz CT molecular complexity index is 1100. The number of benzene rings is 3. The van der Waals surface area contributed by atoms with Crippen LogP contribution in [0.5, 0.6) is 5.75 Å². The van der Waals surface area contributed by atoms with Gasteiger partial charge in [-0.3, -0.25) is 9.10 Å². The van der Waals surface area contributed by atoms with Crippen molar-refractivity contribution >= 4 is 55.0 Å². The molecule has 1 N–H and O–H groups in total. The average Bonchev–Trinajstić information content (AvgIpc) is 2.69. The van der Waals surface area contributed by atoms with Crippen molar-refractivity contribution < 1.29 is 17.9 Å². The van der Waals surface area contributed by atoms with Crippen molar-refractivity contribution in [2.45, 2.75) is 0 Å². The fourth-order valence-electron chi connectivity index (χ4n) is 2.81. The van der Waals surface area contributed by atoms with Crippen LogP contribution in [0, 0.1) is 3.57 Å². The molecule has 6 nitrogen and oxygen atoms in total. The summed E-state index contributed by atoms with van der Waals surface area (Å²) >= 11 is 2.14. The van der Waals surface area contributed by atoms with Crippen molar-refractivity contribution in [3.05, 3.63) is 70.3 Å². The largest absolute Gasteiger partial charge is 0.492 e. The molecule has 0 atom stereocenters. The Morgan fingerprint density at radius 1 is 1.03 bits per heavy atom. The van der Waals surface area contributed by atoms with Gasteiger partial charge in [0, 0.05) is 3.57 Å². The van der Waals surface area contributed by atoms with Crippen LogP contribution >= 0.6 is 22.6 Å². The summed E-state index contributed by atoms with van der Waals surface area (Å²) in [6.07, 6.45) is 1.08. The number of hydrogen-bond donors (Lipinski definition) is 1. The van der Waals surface area contributed by atoms with Crippen molar-refractivity contribution in [1.29, 1.82) is 0 Å². The summed E-state index contributed by atoms with van der Waals surface area (Å²) in [4.78, 5) is 12.3. The molecule has 3 rings (SSSR count). The lowest BCUT2D eigenvalue weighted by atomic mass is 10.1. The zero-order valence-electron chi connectivity index (χ0n) is 15.8. The predicted octanol–water partition coefficient (Wildman–Crippen LogP) is 3.41. The Labute approximate surface area is 184 Å². The summed E-state index contributed by atoms with van der Waals surface area (Å²) in [6, 6.07) is 20.7. The molecule has 3 aromatic rings. The number of nitrogens with one attached hydrogen (secondary N) is 1. The van der Waals surface area contributed by atoms with E-state index in [0.717, 1.165) is 30.7 Å². The minimum Gasteiger partial charge on any atom is -0.492 e. The lowest BCUT2D eigenvalue weighted by Gasteiger charge is -2.22. The molecule has 0 saturated carbocycles. The molecular formula is C21H21IN2O4S. The van der Waals surface area contributed by atoms with E-state index in [2.05, 4.69) is 27.9 Å². The van der Waals surface area contributed by atoms with E-state index in [9.17, 15) is 13.2 Å². The topological polar surface area (TPSA) is 75.7 Å². The van der Waals surface area contributed by atoms with Gasteiger partial charge in [-0.25, -0.2) is 8.42 Å². The Morgan fingerprint density at radius 3 is 2.41 bits per heavy atom. The maximum atomic E-state index is 12.3. The molecule has 1 amide bonds. The summed E-state index contributed by atoms with van der Waals surface area (Å²) in [5.74, 6) is 0.325. The highest BCUT2D eigenvalue weighted by atomic mass is 127. The minimum absolute atomic E-state index is 0.274. The van der Waals surface area contributed by atoms with Gasteiger partial charge in [0.15, 0.2) is 0 Å². The fourth-order valence-corrected chi connectivity index (χ4v) is 4.03. The quantitative estimate of drug-likeness (QED) is 0.362. The zero-order valence-corrected chi connectivity index (χ0v) is 18.8. The van der Waals surface area contributed by atoms with Crippen LogP contribution in [0.4, 0.5) is 5.69 Å². The molecule has 0 unspecified atom stereocenters. The van der Waals surface area contributed by atoms with E-state index in [4.69, 9.17) is 4.74 Å². The van der Waals surface area contributed by atoms with E-state index < -0.39 is 15.9 Å². The zero-order chi connectivity index (χ0) is 20.9. The first-order chi connectivity index (χ1) is 13.8. The van der Waals surface area contributed by atoms with Gasteiger partial charge in [-0.1, -0.05) is 30.3 Å². The molecule has 0 spiro atoms. The van der Waals surface area contributed by atoms with E-state index in [1.807, 2.05) is 42.5 Å². The molecule has 152 valence electrons.